The predicted molar refractivity (Wildman–Crippen MR) is 154 cm³/mol. The highest BCUT2D eigenvalue weighted by Gasteiger charge is 2.17. The highest BCUT2D eigenvalue weighted by molar-refractivity contribution is 9.10. The molecule has 0 unspecified atom stereocenters. The summed E-state index contributed by atoms with van der Waals surface area (Å²) in [7, 11) is 0. The highest BCUT2D eigenvalue weighted by atomic mass is 79.9. The molecule has 3 N–H and O–H groups in total. The Morgan fingerprint density at radius 2 is 1.63 bits per heavy atom. The van der Waals surface area contributed by atoms with Gasteiger partial charge in [0.25, 0.3) is 11.8 Å². The predicted octanol–water partition coefficient (Wildman–Crippen LogP) is 3.88. The number of hydrogen-bond acceptors (Lipinski definition) is 6. The van der Waals surface area contributed by atoms with Crippen LogP contribution in [0.5, 0.6) is 0 Å². The lowest BCUT2D eigenvalue weighted by Crippen LogP contribution is -2.46. The van der Waals surface area contributed by atoms with E-state index in [1.165, 1.54) is 0 Å². The highest BCUT2D eigenvalue weighted by Crippen LogP contribution is 2.22. The number of aliphatic hydroxyl groups excluding tert-OH is 1. The van der Waals surface area contributed by atoms with Gasteiger partial charge in [-0.05, 0) is 48.4 Å². The van der Waals surface area contributed by atoms with E-state index in [0.29, 0.717) is 21.3 Å². The van der Waals surface area contributed by atoms with Crippen LogP contribution >= 0.6 is 15.9 Å². The SMILES string of the molecule is Cc1ccc(/C=N/NC(=O)c2cc(Br)ccc2NC(=O)c2ccc(CN3CCN(CCO)CC3)cc2)cc1. The fourth-order valence-corrected chi connectivity index (χ4v) is 4.58. The van der Waals surface area contributed by atoms with Gasteiger partial charge in [-0.15, -0.1) is 0 Å². The van der Waals surface area contributed by atoms with Gasteiger partial charge in [-0.3, -0.25) is 19.4 Å². The third-order valence-corrected chi connectivity index (χ3v) is 6.93. The molecular weight excluding hydrogens is 546 g/mol. The van der Waals surface area contributed by atoms with Gasteiger partial charge < -0.3 is 10.4 Å². The van der Waals surface area contributed by atoms with Gasteiger partial charge in [-0.1, -0.05) is 57.9 Å². The van der Waals surface area contributed by atoms with Gasteiger partial charge in [0.05, 0.1) is 24.1 Å². The average Bonchev–Trinajstić information content (AvgIpc) is 2.92. The van der Waals surface area contributed by atoms with Crippen LogP contribution < -0.4 is 10.7 Å². The molecule has 0 saturated carbocycles. The minimum Gasteiger partial charge on any atom is -0.395 e. The number of halogens is 1. The maximum Gasteiger partial charge on any atom is 0.273 e. The first kappa shape index (κ1) is 27.7. The molecule has 8 nitrogen and oxygen atoms in total. The van der Waals surface area contributed by atoms with Gasteiger partial charge >= 0.3 is 0 Å². The molecular formula is C29H32BrN5O3. The summed E-state index contributed by atoms with van der Waals surface area (Å²) in [5, 5.41) is 16.0. The fraction of sp³-hybridized carbons (Fsp3) is 0.276. The maximum atomic E-state index is 13.0. The Balaban J connectivity index is 1.36. The molecule has 3 aromatic rings. The van der Waals surface area contributed by atoms with Crippen LogP contribution in [-0.4, -0.2) is 72.3 Å². The largest absolute Gasteiger partial charge is 0.395 e. The van der Waals surface area contributed by atoms with E-state index in [1.807, 2.05) is 43.3 Å². The molecule has 0 spiro atoms. The van der Waals surface area contributed by atoms with Crippen LogP contribution in [0.25, 0.3) is 0 Å². The Bertz CT molecular complexity index is 1270. The van der Waals surface area contributed by atoms with Crippen molar-refractivity contribution in [3.05, 3.63) is 99.0 Å². The molecule has 1 fully saturated rings. The van der Waals surface area contributed by atoms with E-state index in [4.69, 9.17) is 5.11 Å². The molecule has 9 heteroatoms. The van der Waals surface area contributed by atoms with Gasteiger partial charge in [0.2, 0.25) is 0 Å². The summed E-state index contributed by atoms with van der Waals surface area (Å²) in [6.45, 7) is 7.53. The van der Waals surface area contributed by atoms with Crippen molar-refractivity contribution >= 4 is 39.6 Å². The van der Waals surface area contributed by atoms with Crippen molar-refractivity contribution in [3.63, 3.8) is 0 Å². The smallest absolute Gasteiger partial charge is 0.273 e. The summed E-state index contributed by atoms with van der Waals surface area (Å²) in [6.07, 6.45) is 1.57. The zero-order chi connectivity index (χ0) is 26.9. The molecule has 2 amide bonds. The lowest BCUT2D eigenvalue weighted by atomic mass is 10.1. The quantitative estimate of drug-likeness (QED) is 0.265. The maximum absolute atomic E-state index is 13.0. The summed E-state index contributed by atoms with van der Waals surface area (Å²) >= 11 is 3.40. The number of rotatable bonds is 9. The first-order valence-corrected chi connectivity index (χ1v) is 13.4. The van der Waals surface area contributed by atoms with Crippen molar-refractivity contribution in [2.45, 2.75) is 13.5 Å². The van der Waals surface area contributed by atoms with Crippen molar-refractivity contribution in [2.24, 2.45) is 5.10 Å². The number of amides is 2. The Kier molecular flexibility index (Phi) is 9.78. The zero-order valence-electron chi connectivity index (χ0n) is 21.4. The third kappa shape index (κ3) is 7.82. The first-order chi connectivity index (χ1) is 18.4. The van der Waals surface area contributed by atoms with E-state index in [2.05, 4.69) is 41.6 Å². The minimum atomic E-state index is -0.431. The number of hydrazone groups is 1. The Morgan fingerprint density at radius 1 is 0.947 bits per heavy atom. The van der Waals surface area contributed by atoms with E-state index in [0.717, 1.165) is 56.0 Å². The number of carbonyl (C=O) groups excluding carboxylic acids is 2. The van der Waals surface area contributed by atoms with Gasteiger partial charge in [-0.2, -0.15) is 5.10 Å². The minimum absolute atomic E-state index is 0.192. The van der Waals surface area contributed by atoms with Crippen LogP contribution in [-0.2, 0) is 6.54 Å². The average molecular weight is 579 g/mol. The molecule has 1 aliphatic heterocycles. The molecule has 0 radical (unpaired) electrons. The third-order valence-electron chi connectivity index (χ3n) is 6.43. The molecule has 38 heavy (non-hydrogen) atoms. The lowest BCUT2D eigenvalue weighted by Gasteiger charge is -2.34. The second-order valence-electron chi connectivity index (χ2n) is 9.29. The van der Waals surface area contributed by atoms with Crippen LogP contribution in [0.1, 0.15) is 37.4 Å². The van der Waals surface area contributed by atoms with Gasteiger partial charge in [0.1, 0.15) is 0 Å². The Morgan fingerprint density at radius 3 is 2.32 bits per heavy atom. The van der Waals surface area contributed by atoms with Crippen LogP contribution in [0, 0.1) is 6.92 Å². The summed E-state index contributed by atoms with van der Waals surface area (Å²) < 4.78 is 0.713. The van der Waals surface area contributed by atoms with E-state index in [-0.39, 0.29) is 12.5 Å². The number of aryl methyl sites for hydroxylation is 1. The monoisotopic (exact) mass is 577 g/mol. The second kappa shape index (κ2) is 13.4. The van der Waals surface area contributed by atoms with Crippen molar-refractivity contribution in [2.75, 3.05) is 44.6 Å². The molecule has 1 saturated heterocycles. The Labute approximate surface area is 231 Å². The van der Waals surface area contributed by atoms with E-state index in [1.54, 1.807) is 36.5 Å². The Hall–Kier alpha value is -3.37. The molecule has 1 heterocycles. The van der Waals surface area contributed by atoms with Gasteiger partial charge in [-0.25, -0.2) is 5.43 Å². The van der Waals surface area contributed by atoms with E-state index < -0.39 is 5.91 Å². The molecule has 3 aromatic carbocycles. The number of carbonyl (C=O) groups is 2. The molecule has 198 valence electrons. The van der Waals surface area contributed by atoms with E-state index >= 15 is 0 Å². The summed E-state index contributed by atoms with van der Waals surface area (Å²) in [4.78, 5) is 30.5. The van der Waals surface area contributed by atoms with Crippen LogP contribution in [0.15, 0.2) is 76.3 Å². The molecule has 0 aromatic heterocycles. The fourth-order valence-electron chi connectivity index (χ4n) is 4.22. The number of hydrogen-bond donors (Lipinski definition) is 3. The van der Waals surface area contributed by atoms with Crippen molar-refractivity contribution in [3.8, 4) is 0 Å². The number of nitrogens with one attached hydrogen (secondary N) is 2. The van der Waals surface area contributed by atoms with Crippen molar-refractivity contribution in [1.82, 2.24) is 15.2 Å². The van der Waals surface area contributed by atoms with Crippen molar-refractivity contribution < 1.29 is 14.7 Å². The summed E-state index contributed by atoms with van der Waals surface area (Å²) in [5.74, 6) is -0.729. The molecule has 0 aliphatic carbocycles. The van der Waals surface area contributed by atoms with E-state index in [9.17, 15) is 9.59 Å². The molecule has 1 aliphatic rings. The van der Waals surface area contributed by atoms with Crippen LogP contribution in [0.4, 0.5) is 5.69 Å². The van der Waals surface area contributed by atoms with Gasteiger partial charge in [0.15, 0.2) is 0 Å². The topological polar surface area (TPSA) is 97.3 Å². The second-order valence-corrected chi connectivity index (χ2v) is 10.2. The lowest BCUT2D eigenvalue weighted by molar-refractivity contribution is 0.0956. The normalized spacial score (nSPS) is 14.5. The summed E-state index contributed by atoms with van der Waals surface area (Å²) in [6, 6.07) is 20.4. The zero-order valence-corrected chi connectivity index (χ0v) is 22.9. The number of anilines is 1. The van der Waals surface area contributed by atoms with Crippen molar-refractivity contribution in [1.29, 1.82) is 0 Å². The number of aliphatic hydroxyl groups is 1. The van der Waals surface area contributed by atoms with Gasteiger partial charge in [0, 0.05) is 49.3 Å². The van der Waals surface area contributed by atoms with Crippen LogP contribution in [0.3, 0.4) is 0 Å². The summed E-state index contributed by atoms with van der Waals surface area (Å²) in [5.41, 5.74) is 6.88. The number of benzene rings is 3. The number of β-amino-alcohol motifs (C(OH)–C–C–N with tert-alkyl or cyclic N) is 1. The molecule has 4 rings (SSSR count). The molecule has 0 atom stereocenters. The van der Waals surface area contributed by atoms with Crippen LogP contribution in [0.2, 0.25) is 0 Å². The molecule has 0 bridgehead atoms. The standard InChI is InChI=1S/C29H32BrN5O3/c1-21-2-4-22(5-3-21)19-31-33-29(38)26-18-25(30)10-11-27(26)32-28(37)24-8-6-23(7-9-24)20-35-14-12-34(13-15-35)16-17-36/h2-11,18-19,36H,12-17,20H2,1H3,(H,32,37)(H,33,38)/b31-19+. The first-order valence-electron chi connectivity index (χ1n) is 12.6. The number of piperazine rings is 1. The number of nitrogens with zero attached hydrogens (tertiary/aromatic N) is 3.